The Hall–Kier alpha value is -1.84. The van der Waals surface area contributed by atoms with E-state index in [1.165, 1.54) is 19.1 Å². The number of hydrogen-bond acceptors (Lipinski definition) is 5. The van der Waals surface area contributed by atoms with Crippen molar-refractivity contribution in [2.75, 3.05) is 0 Å². The molecule has 0 spiro atoms. The molecule has 1 aromatic rings. The molecule has 0 aliphatic heterocycles. The third-order valence-electron chi connectivity index (χ3n) is 3.43. The van der Waals surface area contributed by atoms with Crippen molar-refractivity contribution in [1.82, 2.24) is 10.3 Å². The van der Waals surface area contributed by atoms with Crippen molar-refractivity contribution in [1.29, 1.82) is 5.26 Å². The highest BCUT2D eigenvalue weighted by atomic mass is 35.5. The SMILES string of the molecule is CC(OC(=O)c1nc(Cl)ccc1Cl)C(=O)NC(C)(C#N)C(C)C. The van der Waals surface area contributed by atoms with E-state index in [2.05, 4.69) is 10.3 Å². The van der Waals surface area contributed by atoms with Crippen molar-refractivity contribution < 1.29 is 14.3 Å². The van der Waals surface area contributed by atoms with E-state index in [4.69, 9.17) is 27.9 Å². The molecule has 23 heavy (non-hydrogen) atoms. The Kier molecular flexibility index (Phi) is 6.37. The molecule has 1 N–H and O–H groups in total. The molecule has 6 nitrogen and oxygen atoms in total. The van der Waals surface area contributed by atoms with Crippen molar-refractivity contribution >= 4 is 35.1 Å². The molecule has 2 atom stereocenters. The molecular weight excluding hydrogens is 341 g/mol. The molecule has 8 heteroatoms. The van der Waals surface area contributed by atoms with Crippen LogP contribution in [0.5, 0.6) is 0 Å². The first kappa shape index (κ1) is 19.2. The maximum absolute atomic E-state index is 12.1. The second-order valence-electron chi connectivity index (χ2n) is 5.47. The molecule has 0 saturated carbocycles. The van der Waals surface area contributed by atoms with Gasteiger partial charge in [0.25, 0.3) is 5.91 Å². The van der Waals surface area contributed by atoms with Crippen LogP contribution in [0.4, 0.5) is 0 Å². The highest BCUT2D eigenvalue weighted by Crippen LogP contribution is 2.19. The Morgan fingerprint density at radius 2 is 1.96 bits per heavy atom. The van der Waals surface area contributed by atoms with Crippen molar-refractivity contribution in [3.05, 3.63) is 28.0 Å². The number of nitrogens with zero attached hydrogens (tertiary/aromatic N) is 2. The van der Waals surface area contributed by atoms with Crippen LogP contribution in [-0.4, -0.2) is 28.5 Å². The van der Waals surface area contributed by atoms with Gasteiger partial charge in [-0.2, -0.15) is 5.26 Å². The van der Waals surface area contributed by atoms with E-state index >= 15 is 0 Å². The second kappa shape index (κ2) is 7.62. The number of carbonyl (C=O) groups is 2. The molecule has 1 amide bonds. The van der Waals surface area contributed by atoms with Gasteiger partial charge in [0.2, 0.25) is 0 Å². The minimum absolute atomic E-state index is 0.0658. The lowest BCUT2D eigenvalue weighted by Gasteiger charge is -2.28. The van der Waals surface area contributed by atoms with Crippen LogP contribution in [-0.2, 0) is 9.53 Å². The highest BCUT2D eigenvalue weighted by Gasteiger charge is 2.33. The number of nitrogens with one attached hydrogen (secondary N) is 1. The molecule has 1 heterocycles. The summed E-state index contributed by atoms with van der Waals surface area (Å²) in [6, 6.07) is 4.88. The maximum atomic E-state index is 12.1. The van der Waals surface area contributed by atoms with Gasteiger partial charge in [-0.05, 0) is 31.9 Å². The number of ether oxygens (including phenoxy) is 1. The molecular formula is C15H17Cl2N3O3. The first-order chi connectivity index (χ1) is 10.6. The molecule has 0 aromatic carbocycles. The fraction of sp³-hybridized carbons (Fsp3) is 0.467. The van der Waals surface area contributed by atoms with Crippen LogP contribution < -0.4 is 5.32 Å². The highest BCUT2D eigenvalue weighted by molar-refractivity contribution is 6.34. The summed E-state index contributed by atoms with van der Waals surface area (Å²) in [4.78, 5) is 27.9. The van der Waals surface area contributed by atoms with Crippen molar-refractivity contribution in [2.45, 2.75) is 39.3 Å². The van der Waals surface area contributed by atoms with E-state index in [0.29, 0.717) is 0 Å². The first-order valence-electron chi connectivity index (χ1n) is 6.87. The lowest BCUT2D eigenvalue weighted by molar-refractivity contribution is -0.130. The first-order valence-corrected chi connectivity index (χ1v) is 7.62. The van der Waals surface area contributed by atoms with Crippen LogP contribution in [0, 0.1) is 17.2 Å². The lowest BCUT2D eigenvalue weighted by Crippen LogP contribution is -2.52. The quantitative estimate of drug-likeness (QED) is 0.645. The van der Waals surface area contributed by atoms with Crippen molar-refractivity contribution in [3.63, 3.8) is 0 Å². The smallest absolute Gasteiger partial charge is 0.359 e. The maximum Gasteiger partial charge on any atom is 0.359 e. The summed E-state index contributed by atoms with van der Waals surface area (Å²) in [5, 5.41) is 11.9. The van der Waals surface area contributed by atoms with E-state index in [0.717, 1.165) is 0 Å². The Morgan fingerprint density at radius 1 is 1.35 bits per heavy atom. The minimum atomic E-state index is -1.12. The van der Waals surface area contributed by atoms with E-state index in [-0.39, 0.29) is 21.8 Å². The molecule has 1 aromatic heterocycles. The van der Waals surface area contributed by atoms with Gasteiger partial charge in [-0.1, -0.05) is 37.0 Å². The predicted octanol–water partition coefficient (Wildman–Crippen LogP) is 2.99. The normalized spacial score (nSPS) is 14.5. The summed E-state index contributed by atoms with van der Waals surface area (Å²) in [6.07, 6.45) is -1.12. The van der Waals surface area contributed by atoms with E-state index < -0.39 is 23.5 Å². The topological polar surface area (TPSA) is 92.1 Å². The number of aromatic nitrogens is 1. The third kappa shape index (κ3) is 4.81. The van der Waals surface area contributed by atoms with E-state index in [9.17, 15) is 14.9 Å². The summed E-state index contributed by atoms with van der Waals surface area (Å²) >= 11 is 11.6. The van der Waals surface area contributed by atoms with Gasteiger partial charge in [-0.25, -0.2) is 9.78 Å². The largest absolute Gasteiger partial charge is 0.448 e. The molecule has 0 saturated heterocycles. The van der Waals surface area contributed by atoms with Gasteiger partial charge >= 0.3 is 5.97 Å². The summed E-state index contributed by atoms with van der Waals surface area (Å²) < 4.78 is 5.04. The fourth-order valence-electron chi connectivity index (χ4n) is 1.49. The summed E-state index contributed by atoms with van der Waals surface area (Å²) in [7, 11) is 0. The standard InChI is InChI=1S/C15H17Cl2N3O3/c1-8(2)15(4,7-18)20-13(21)9(3)23-14(22)12-10(16)5-6-11(17)19-12/h5-6,8-9H,1-4H3,(H,20,21). The zero-order valence-corrected chi connectivity index (χ0v) is 14.7. The van der Waals surface area contributed by atoms with Crippen LogP contribution in [0.3, 0.4) is 0 Å². The molecule has 0 radical (unpaired) electrons. The van der Waals surface area contributed by atoms with Gasteiger partial charge in [0.1, 0.15) is 10.7 Å². The third-order valence-corrected chi connectivity index (χ3v) is 3.94. The second-order valence-corrected chi connectivity index (χ2v) is 6.26. The van der Waals surface area contributed by atoms with Gasteiger partial charge in [0, 0.05) is 0 Å². The van der Waals surface area contributed by atoms with Crippen molar-refractivity contribution in [3.8, 4) is 6.07 Å². The number of amides is 1. The average Bonchev–Trinajstić information content (AvgIpc) is 2.48. The van der Waals surface area contributed by atoms with Crippen molar-refractivity contribution in [2.24, 2.45) is 5.92 Å². The Bertz CT molecular complexity index is 658. The molecule has 2 unspecified atom stereocenters. The van der Waals surface area contributed by atoms with Crippen LogP contribution in [0.2, 0.25) is 10.2 Å². The van der Waals surface area contributed by atoms with Gasteiger partial charge in [-0.15, -0.1) is 0 Å². The number of pyridine rings is 1. The Morgan fingerprint density at radius 3 is 2.48 bits per heavy atom. The molecule has 124 valence electrons. The Labute approximate surface area is 144 Å². The zero-order valence-electron chi connectivity index (χ0n) is 13.2. The lowest BCUT2D eigenvalue weighted by atomic mass is 9.90. The van der Waals surface area contributed by atoms with Gasteiger partial charge in [-0.3, -0.25) is 4.79 Å². The monoisotopic (exact) mass is 357 g/mol. The fourth-order valence-corrected chi connectivity index (χ4v) is 1.82. The average molecular weight is 358 g/mol. The van der Waals surface area contributed by atoms with Gasteiger partial charge in [0.05, 0.1) is 11.1 Å². The van der Waals surface area contributed by atoms with Gasteiger partial charge < -0.3 is 10.1 Å². The van der Waals surface area contributed by atoms with Crippen LogP contribution >= 0.6 is 23.2 Å². The molecule has 1 rings (SSSR count). The van der Waals surface area contributed by atoms with E-state index in [1.54, 1.807) is 20.8 Å². The van der Waals surface area contributed by atoms with Crippen LogP contribution in [0.1, 0.15) is 38.2 Å². The zero-order chi connectivity index (χ0) is 17.8. The number of halogens is 2. The van der Waals surface area contributed by atoms with E-state index in [1.807, 2.05) is 6.07 Å². The van der Waals surface area contributed by atoms with Crippen LogP contribution in [0.25, 0.3) is 0 Å². The number of carbonyl (C=O) groups excluding carboxylic acids is 2. The summed E-state index contributed by atoms with van der Waals surface area (Å²) in [6.45, 7) is 6.59. The number of hydrogen-bond donors (Lipinski definition) is 1. The number of nitriles is 1. The summed E-state index contributed by atoms with van der Waals surface area (Å²) in [5.41, 5.74) is -1.24. The molecule has 0 aliphatic rings. The predicted molar refractivity (Wildman–Crippen MR) is 86.1 cm³/mol. The number of rotatable bonds is 5. The molecule has 0 fully saturated rings. The molecule has 0 bridgehead atoms. The molecule has 0 aliphatic carbocycles. The Balaban J connectivity index is 2.81. The summed E-state index contributed by atoms with van der Waals surface area (Å²) in [5.74, 6) is -1.58. The number of esters is 1. The van der Waals surface area contributed by atoms with Gasteiger partial charge in [0.15, 0.2) is 11.8 Å². The van der Waals surface area contributed by atoms with Crippen LogP contribution in [0.15, 0.2) is 12.1 Å². The minimum Gasteiger partial charge on any atom is -0.448 e.